The SMILES string of the molecule is C=CCC1C(C(C)C2C3CC32)C1(C)C. The molecular formula is C14H22. The van der Waals surface area contributed by atoms with Crippen LogP contribution in [0.25, 0.3) is 0 Å². The molecule has 3 fully saturated rings. The molecule has 3 rings (SSSR count). The van der Waals surface area contributed by atoms with Gasteiger partial charge in [-0.2, -0.15) is 0 Å². The molecule has 0 aromatic rings. The molecule has 0 heteroatoms. The van der Waals surface area contributed by atoms with Gasteiger partial charge in [0.2, 0.25) is 0 Å². The van der Waals surface area contributed by atoms with E-state index in [1.165, 1.54) is 18.3 Å². The lowest BCUT2D eigenvalue weighted by Crippen LogP contribution is -2.10. The molecule has 0 N–H and O–H groups in total. The van der Waals surface area contributed by atoms with Gasteiger partial charge in [-0.1, -0.05) is 26.8 Å². The predicted octanol–water partition coefficient (Wildman–Crippen LogP) is 3.74. The zero-order chi connectivity index (χ0) is 10.1. The van der Waals surface area contributed by atoms with E-state index in [4.69, 9.17) is 0 Å². The molecule has 0 aromatic carbocycles. The van der Waals surface area contributed by atoms with Gasteiger partial charge in [0.05, 0.1) is 0 Å². The van der Waals surface area contributed by atoms with Crippen molar-refractivity contribution in [2.75, 3.05) is 0 Å². The fourth-order valence-electron chi connectivity index (χ4n) is 4.31. The topological polar surface area (TPSA) is 0 Å². The lowest BCUT2D eigenvalue weighted by Gasteiger charge is -2.15. The second-order valence-electron chi connectivity index (χ2n) is 6.48. The van der Waals surface area contributed by atoms with Crippen molar-refractivity contribution in [3.05, 3.63) is 12.7 Å². The maximum Gasteiger partial charge on any atom is -0.0286 e. The van der Waals surface area contributed by atoms with Gasteiger partial charge in [0.15, 0.2) is 0 Å². The smallest absolute Gasteiger partial charge is 0.0286 e. The predicted molar refractivity (Wildman–Crippen MR) is 59.8 cm³/mol. The van der Waals surface area contributed by atoms with Crippen LogP contribution in [0.4, 0.5) is 0 Å². The molecule has 14 heavy (non-hydrogen) atoms. The summed E-state index contributed by atoms with van der Waals surface area (Å²) in [6.07, 6.45) is 4.92. The Morgan fingerprint density at radius 3 is 2.50 bits per heavy atom. The van der Waals surface area contributed by atoms with Gasteiger partial charge in [0, 0.05) is 0 Å². The quantitative estimate of drug-likeness (QED) is 0.592. The van der Waals surface area contributed by atoms with Gasteiger partial charge in [-0.15, -0.1) is 6.58 Å². The highest BCUT2D eigenvalue weighted by atomic mass is 14.8. The van der Waals surface area contributed by atoms with E-state index >= 15 is 0 Å². The zero-order valence-electron chi connectivity index (χ0n) is 9.66. The van der Waals surface area contributed by atoms with E-state index < -0.39 is 0 Å². The normalized spacial score (nSPS) is 53.2. The van der Waals surface area contributed by atoms with Gasteiger partial charge in [-0.3, -0.25) is 0 Å². The molecular weight excluding hydrogens is 168 g/mol. The number of fused-ring (bicyclic) bond motifs is 1. The number of hydrogen-bond donors (Lipinski definition) is 0. The van der Waals surface area contributed by atoms with Crippen molar-refractivity contribution in [1.29, 1.82) is 0 Å². The van der Waals surface area contributed by atoms with Crippen molar-refractivity contribution in [3.63, 3.8) is 0 Å². The van der Waals surface area contributed by atoms with Gasteiger partial charge in [0.25, 0.3) is 0 Å². The Bertz CT molecular complexity index is 268. The molecule has 5 unspecified atom stereocenters. The molecule has 0 amide bonds. The third-order valence-electron chi connectivity index (χ3n) is 5.47. The minimum atomic E-state index is 0.614. The van der Waals surface area contributed by atoms with Crippen molar-refractivity contribution >= 4 is 0 Å². The summed E-state index contributed by atoms with van der Waals surface area (Å²) in [5, 5.41) is 0. The van der Waals surface area contributed by atoms with Gasteiger partial charge >= 0.3 is 0 Å². The van der Waals surface area contributed by atoms with Gasteiger partial charge in [0.1, 0.15) is 0 Å². The standard InChI is InChI=1S/C14H22/c1-5-6-11-13(14(11,3)4)8(2)12-9-7-10(9)12/h5,8-13H,1,6-7H2,2-4H3. The second-order valence-corrected chi connectivity index (χ2v) is 6.48. The summed E-state index contributed by atoms with van der Waals surface area (Å²) >= 11 is 0. The van der Waals surface area contributed by atoms with Crippen LogP contribution in [0, 0.1) is 40.9 Å². The monoisotopic (exact) mass is 190 g/mol. The van der Waals surface area contributed by atoms with Crippen LogP contribution >= 0.6 is 0 Å². The minimum Gasteiger partial charge on any atom is -0.103 e. The third-order valence-corrected chi connectivity index (χ3v) is 5.47. The zero-order valence-corrected chi connectivity index (χ0v) is 9.66. The summed E-state index contributed by atoms with van der Waals surface area (Å²) in [4.78, 5) is 0. The van der Waals surface area contributed by atoms with E-state index in [0.717, 1.165) is 23.7 Å². The Labute approximate surface area is 87.8 Å². The molecule has 0 bridgehead atoms. The Balaban J connectivity index is 1.64. The summed E-state index contributed by atoms with van der Waals surface area (Å²) in [7, 11) is 0. The molecule has 3 saturated carbocycles. The van der Waals surface area contributed by atoms with E-state index in [9.17, 15) is 0 Å². The Morgan fingerprint density at radius 1 is 1.43 bits per heavy atom. The van der Waals surface area contributed by atoms with Crippen LogP contribution in [0.2, 0.25) is 0 Å². The maximum absolute atomic E-state index is 3.88. The Hall–Kier alpha value is -0.260. The van der Waals surface area contributed by atoms with Crippen LogP contribution in [-0.4, -0.2) is 0 Å². The number of allylic oxidation sites excluding steroid dienone is 1. The number of hydrogen-bond acceptors (Lipinski definition) is 0. The van der Waals surface area contributed by atoms with Crippen LogP contribution < -0.4 is 0 Å². The lowest BCUT2D eigenvalue weighted by atomic mass is 9.89. The highest BCUT2D eigenvalue weighted by molar-refractivity contribution is 5.19. The molecule has 0 nitrogen and oxygen atoms in total. The van der Waals surface area contributed by atoms with Crippen LogP contribution in [0.1, 0.15) is 33.6 Å². The summed E-state index contributed by atoms with van der Waals surface area (Å²) in [6, 6.07) is 0. The first-order valence-electron chi connectivity index (χ1n) is 6.20. The largest absolute Gasteiger partial charge is 0.103 e. The lowest BCUT2D eigenvalue weighted by molar-refractivity contribution is 0.326. The van der Waals surface area contributed by atoms with E-state index in [1.54, 1.807) is 6.42 Å². The fraction of sp³-hybridized carbons (Fsp3) is 0.857. The van der Waals surface area contributed by atoms with Crippen LogP contribution in [0.15, 0.2) is 12.7 Å². The van der Waals surface area contributed by atoms with Crippen LogP contribution in [-0.2, 0) is 0 Å². The summed E-state index contributed by atoms with van der Waals surface area (Å²) in [5.74, 6) is 6.41. The average molecular weight is 190 g/mol. The molecule has 0 saturated heterocycles. The fourth-order valence-corrected chi connectivity index (χ4v) is 4.31. The van der Waals surface area contributed by atoms with Crippen molar-refractivity contribution in [2.24, 2.45) is 40.9 Å². The highest BCUT2D eigenvalue weighted by Gasteiger charge is 2.70. The van der Waals surface area contributed by atoms with Gasteiger partial charge < -0.3 is 0 Å². The van der Waals surface area contributed by atoms with E-state index in [0.29, 0.717) is 5.41 Å². The molecule has 78 valence electrons. The minimum absolute atomic E-state index is 0.614. The molecule has 0 aromatic heterocycles. The van der Waals surface area contributed by atoms with Crippen LogP contribution in [0.3, 0.4) is 0 Å². The van der Waals surface area contributed by atoms with Crippen molar-refractivity contribution in [1.82, 2.24) is 0 Å². The Kier molecular flexibility index (Phi) is 1.58. The van der Waals surface area contributed by atoms with E-state index in [2.05, 4.69) is 33.4 Å². The van der Waals surface area contributed by atoms with Gasteiger partial charge in [-0.25, -0.2) is 0 Å². The molecule has 0 radical (unpaired) electrons. The highest BCUT2D eigenvalue weighted by Crippen LogP contribution is 2.76. The first kappa shape index (κ1) is 9.00. The van der Waals surface area contributed by atoms with Crippen molar-refractivity contribution in [2.45, 2.75) is 33.6 Å². The molecule has 0 aliphatic heterocycles. The molecule has 0 spiro atoms. The Morgan fingerprint density at radius 2 is 2.07 bits per heavy atom. The van der Waals surface area contributed by atoms with E-state index in [-0.39, 0.29) is 0 Å². The third kappa shape index (κ3) is 1.00. The summed E-state index contributed by atoms with van der Waals surface area (Å²) in [6.45, 7) is 11.3. The van der Waals surface area contributed by atoms with Gasteiger partial charge in [-0.05, 0) is 53.8 Å². The first-order chi connectivity index (χ1) is 6.59. The van der Waals surface area contributed by atoms with Crippen molar-refractivity contribution < 1.29 is 0 Å². The summed E-state index contributed by atoms with van der Waals surface area (Å²) < 4.78 is 0. The molecule has 3 aliphatic carbocycles. The summed E-state index contributed by atoms with van der Waals surface area (Å²) in [5.41, 5.74) is 0.614. The number of rotatable bonds is 4. The maximum atomic E-state index is 3.88. The first-order valence-corrected chi connectivity index (χ1v) is 6.20. The second kappa shape index (κ2) is 2.46. The average Bonchev–Trinajstić information content (AvgIpc) is 2.89. The van der Waals surface area contributed by atoms with Crippen molar-refractivity contribution in [3.8, 4) is 0 Å². The van der Waals surface area contributed by atoms with Crippen LogP contribution in [0.5, 0.6) is 0 Å². The molecule has 0 heterocycles. The molecule has 5 atom stereocenters. The molecule has 3 aliphatic rings. The van der Waals surface area contributed by atoms with E-state index in [1.807, 2.05) is 0 Å².